The molecular weight excluding hydrogens is 292 g/mol. The topological polar surface area (TPSA) is 41.1 Å². The Balaban J connectivity index is 1.83. The van der Waals surface area contributed by atoms with Crippen LogP contribution in [0.3, 0.4) is 0 Å². The largest absolute Gasteiger partial charge is 0.359 e. The van der Waals surface area contributed by atoms with Gasteiger partial charge < -0.3 is 10.6 Å². The summed E-state index contributed by atoms with van der Waals surface area (Å²) in [5, 5.41) is 6.54. The highest BCUT2D eigenvalue weighted by Crippen LogP contribution is 2.37. The number of amides is 1. The van der Waals surface area contributed by atoms with Gasteiger partial charge in [-0.25, -0.2) is 0 Å². The highest BCUT2D eigenvalue weighted by atomic mass is 35.5. The highest BCUT2D eigenvalue weighted by molar-refractivity contribution is 8.04. The lowest BCUT2D eigenvalue weighted by atomic mass is 10.3. The van der Waals surface area contributed by atoms with E-state index in [1.165, 1.54) is 11.8 Å². The van der Waals surface area contributed by atoms with Gasteiger partial charge in [0.05, 0.1) is 21.3 Å². The minimum atomic E-state index is -0.117. The lowest BCUT2D eigenvalue weighted by molar-refractivity contribution is -0.112. The molecule has 0 bridgehead atoms. The fourth-order valence-corrected chi connectivity index (χ4v) is 2.89. The Kier molecular flexibility index (Phi) is 3.67. The highest BCUT2D eigenvalue weighted by Gasteiger charge is 2.20. The van der Waals surface area contributed by atoms with Crippen LogP contribution in [0, 0.1) is 0 Å². The smallest absolute Gasteiger partial charge is 0.263 e. The van der Waals surface area contributed by atoms with Crippen LogP contribution in [0.1, 0.15) is 0 Å². The molecule has 5 heteroatoms. The van der Waals surface area contributed by atoms with Gasteiger partial charge in [0.2, 0.25) is 0 Å². The summed E-state index contributed by atoms with van der Waals surface area (Å²) in [5.74, 6) is -0.117. The van der Waals surface area contributed by atoms with E-state index < -0.39 is 0 Å². The number of carbonyl (C=O) groups is 1. The molecule has 20 heavy (non-hydrogen) atoms. The average Bonchev–Trinajstić information content (AvgIpc) is 2.46. The average molecular weight is 303 g/mol. The van der Waals surface area contributed by atoms with E-state index in [4.69, 9.17) is 11.6 Å². The molecule has 100 valence electrons. The number of thioether (sulfide) groups is 1. The van der Waals surface area contributed by atoms with Crippen molar-refractivity contribution in [3.63, 3.8) is 0 Å². The fraction of sp³-hybridized carbons (Fsp3) is 0. The van der Waals surface area contributed by atoms with E-state index in [1.54, 1.807) is 12.3 Å². The molecule has 0 unspecified atom stereocenters. The van der Waals surface area contributed by atoms with E-state index in [0.717, 1.165) is 16.3 Å². The van der Waals surface area contributed by atoms with E-state index in [2.05, 4.69) is 10.6 Å². The molecule has 2 N–H and O–H groups in total. The summed E-state index contributed by atoms with van der Waals surface area (Å²) in [7, 11) is 0. The Bertz CT molecular complexity index is 700. The van der Waals surface area contributed by atoms with Gasteiger partial charge in [0.15, 0.2) is 0 Å². The molecule has 0 aromatic heterocycles. The number of hydrogen-bond acceptors (Lipinski definition) is 3. The van der Waals surface area contributed by atoms with E-state index >= 15 is 0 Å². The van der Waals surface area contributed by atoms with Gasteiger partial charge in [0.1, 0.15) is 0 Å². The van der Waals surface area contributed by atoms with Crippen LogP contribution in [-0.2, 0) is 4.79 Å². The molecule has 0 fully saturated rings. The van der Waals surface area contributed by atoms with E-state index in [-0.39, 0.29) is 5.91 Å². The first-order chi connectivity index (χ1) is 9.74. The normalized spacial score (nSPS) is 15.7. The number of hydrogen-bond donors (Lipinski definition) is 2. The van der Waals surface area contributed by atoms with E-state index in [9.17, 15) is 4.79 Å². The Morgan fingerprint density at radius 2 is 1.85 bits per heavy atom. The second-order valence-corrected chi connectivity index (χ2v) is 5.68. The molecule has 1 aliphatic rings. The molecule has 0 radical (unpaired) electrons. The Hall–Kier alpha value is -1.91. The molecular formula is C15H11ClN2OS. The van der Waals surface area contributed by atoms with Gasteiger partial charge in [0, 0.05) is 11.1 Å². The third-order valence-corrected chi connectivity index (χ3v) is 4.24. The summed E-state index contributed by atoms with van der Waals surface area (Å²) in [6, 6.07) is 15.1. The van der Waals surface area contributed by atoms with Crippen LogP contribution < -0.4 is 10.6 Å². The van der Waals surface area contributed by atoms with E-state index in [0.29, 0.717) is 9.93 Å². The van der Waals surface area contributed by atoms with Gasteiger partial charge in [0.25, 0.3) is 5.91 Å². The summed E-state index contributed by atoms with van der Waals surface area (Å²) in [6.45, 7) is 0. The van der Waals surface area contributed by atoms with Gasteiger partial charge in [-0.1, -0.05) is 47.6 Å². The standard InChI is InChI=1S/C15H11ClN2OS/c16-10-5-1-2-6-11(10)17-9-14-15(19)18-12-7-3-4-8-13(12)20-14/h1-9,17H,(H,18,19)/b14-9+. The number of para-hydroxylation sites is 2. The van der Waals surface area contributed by atoms with Crippen LogP contribution in [0.5, 0.6) is 0 Å². The number of halogens is 1. The molecule has 0 atom stereocenters. The zero-order valence-electron chi connectivity index (χ0n) is 10.4. The molecule has 0 spiro atoms. The van der Waals surface area contributed by atoms with Crippen molar-refractivity contribution >= 4 is 40.6 Å². The van der Waals surface area contributed by atoms with Crippen LogP contribution in [-0.4, -0.2) is 5.91 Å². The van der Waals surface area contributed by atoms with E-state index in [1.807, 2.05) is 42.5 Å². The van der Waals surface area contributed by atoms with Gasteiger partial charge in [-0.15, -0.1) is 0 Å². The van der Waals surface area contributed by atoms with Crippen molar-refractivity contribution in [2.24, 2.45) is 0 Å². The predicted octanol–water partition coefficient (Wildman–Crippen LogP) is 4.34. The predicted molar refractivity (Wildman–Crippen MR) is 84.1 cm³/mol. The maximum atomic E-state index is 12.0. The summed E-state index contributed by atoms with van der Waals surface area (Å²) in [5.41, 5.74) is 1.62. The van der Waals surface area contributed by atoms with Crippen LogP contribution in [0.4, 0.5) is 11.4 Å². The number of benzene rings is 2. The van der Waals surface area contributed by atoms with Crippen molar-refractivity contribution in [1.82, 2.24) is 0 Å². The summed E-state index contributed by atoms with van der Waals surface area (Å²) in [4.78, 5) is 13.6. The minimum absolute atomic E-state index is 0.117. The Morgan fingerprint density at radius 1 is 1.10 bits per heavy atom. The van der Waals surface area contributed by atoms with Gasteiger partial charge >= 0.3 is 0 Å². The maximum absolute atomic E-state index is 12.0. The molecule has 1 aliphatic heterocycles. The second kappa shape index (κ2) is 5.61. The molecule has 0 saturated heterocycles. The van der Waals surface area contributed by atoms with Crippen LogP contribution in [0.25, 0.3) is 0 Å². The van der Waals surface area contributed by atoms with Crippen LogP contribution in [0.15, 0.2) is 64.5 Å². The first kappa shape index (κ1) is 13.1. The van der Waals surface area contributed by atoms with Gasteiger partial charge in [-0.3, -0.25) is 4.79 Å². The molecule has 3 rings (SSSR count). The van der Waals surface area contributed by atoms with Gasteiger partial charge in [-0.2, -0.15) is 0 Å². The number of anilines is 2. The minimum Gasteiger partial charge on any atom is -0.359 e. The zero-order chi connectivity index (χ0) is 13.9. The van der Waals surface area contributed by atoms with Crippen molar-refractivity contribution in [2.45, 2.75) is 4.90 Å². The summed E-state index contributed by atoms with van der Waals surface area (Å²) < 4.78 is 0. The lowest BCUT2D eigenvalue weighted by Gasteiger charge is -2.18. The number of carbonyl (C=O) groups excluding carboxylic acids is 1. The number of rotatable bonds is 2. The van der Waals surface area contributed by atoms with Gasteiger partial charge in [-0.05, 0) is 24.3 Å². The number of fused-ring (bicyclic) bond motifs is 1. The van der Waals surface area contributed by atoms with Crippen LogP contribution in [0.2, 0.25) is 5.02 Å². The fourth-order valence-electron chi connectivity index (χ4n) is 1.82. The van der Waals surface area contributed by atoms with Crippen molar-refractivity contribution in [3.05, 3.63) is 64.7 Å². The first-order valence-corrected chi connectivity index (χ1v) is 7.23. The molecule has 1 amide bonds. The quantitative estimate of drug-likeness (QED) is 0.811. The van der Waals surface area contributed by atoms with Crippen molar-refractivity contribution < 1.29 is 4.79 Å². The zero-order valence-corrected chi connectivity index (χ0v) is 12.0. The maximum Gasteiger partial charge on any atom is 0.263 e. The summed E-state index contributed by atoms with van der Waals surface area (Å²) >= 11 is 7.49. The SMILES string of the molecule is O=C1Nc2ccccc2S/C1=C/Nc1ccccc1Cl. The molecule has 0 aliphatic carbocycles. The molecule has 2 aromatic carbocycles. The summed E-state index contributed by atoms with van der Waals surface area (Å²) in [6.07, 6.45) is 1.68. The first-order valence-electron chi connectivity index (χ1n) is 6.03. The molecule has 1 heterocycles. The van der Waals surface area contributed by atoms with Crippen molar-refractivity contribution in [2.75, 3.05) is 10.6 Å². The van der Waals surface area contributed by atoms with Crippen LogP contribution >= 0.6 is 23.4 Å². The monoisotopic (exact) mass is 302 g/mol. The molecule has 3 nitrogen and oxygen atoms in total. The Labute approximate surface area is 126 Å². The number of nitrogens with one attached hydrogen (secondary N) is 2. The lowest BCUT2D eigenvalue weighted by Crippen LogP contribution is -2.17. The van der Waals surface area contributed by atoms with Crippen molar-refractivity contribution in [1.29, 1.82) is 0 Å². The third kappa shape index (κ3) is 2.66. The second-order valence-electron chi connectivity index (χ2n) is 4.19. The third-order valence-electron chi connectivity index (χ3n) is 2.81. The molecule has 2 aromatic rings. The van der Waals surface area contributed by atoms with Crippen molar-refractivity contribution in [3.8, 4) is 0 Å². The Morgan fingerprint density at radius 3 is 2.70 bits per heavy atom. The molecule has 0 saturated carbocycles.